The van der Waals surface area contributed by atoms with Crippen LogP contribution in [0.3, 0.4) is 0 Å². The van der Waals surface area contributed by atoms with Crippen LogP contribution in [-0.2, 0) is 10.0 Å². The Labute approximate surface area is 82.4 Å². The molecule has 0 atom stereocenters. The summed E-state index contributed by atoms with van der Waals surface area (Å²) in [7, 11) is -3.00. The van der Waals surface area contributed by atoms with Gasteiger partial charge in [-0.25, -0.2) is 13.1 Å². The van der Waals surface area contributed by atoms with Crippen LogP contribution in [0, 0.1) is 5.92 Å². The highest BCUT2D eigenvalue weighted by molar-refractivity contribution is 7.88. The zero-order valence-electron chi connectivity index (χ0n) is 8.41. The number of nitrogens with one attached hydrogen (secondary N) is 1. The number of hydrogen-bond acceptors (Lipinski definition) is 2. The lowest BCUT2D eigenvalue weighted by Crippen LogP contribution is -2.36. The predicted molar refractivity (Wildman–Crippen MR) is 56.1 cm³/mol. The fraction of sp³-hybridized carbons (Fsp3) is 1.00. The average Bonchev–Trinajstić information content (AvgIpc) is 2.03. The maximum Gasteiger partial charge on any atom is 0.208 e. The highest BCUT2D eigenvalue weighted by Gasteiger charge is 2.21. The molecule has 4 heteroatoms. The van der Waals surface area contributed by atoms with Crippen LogP contribution < -0.4 is 4.72 Å². The van der Waals surface area contributed by atoms with E-state index in [4.69, 9.17) is 0 Å². The Balaban J connectivity index is 0.00000169. The molecule has 0 aromatic heterocycles. The van der Waals surface area contributed by atoms with E-state index in [1.165, 1.54) is 25.5 Å². The van der Waals surface area contributed by atoms with Crippen molar-refractivity contribution in [2.75, 3.05) is 6.26 Å². The minimum absolute atomic E-state index is 0. The highest BCUT2D eigenvalue weighted by Crippen LogP contribution is 2.26. The first kappa shape index (κ1) is 11.0. The zero-order chi connectivity index (χ0) is 9.90. The van der Waals surface area contributed by atoms with Gasteiger partial charge >= 0.3 is 0 Å². The Morgan fingerprint density at radius 2 is 1.85 bits per heavy atom. The lowest BCUT2D eigenvalue weighted by atomic mass is 9.85. The second-order valence-corrected chi connectivity index (χ2v) is 5.80. The summed E-state index contributed by atoms with van der Waals surface area (Å²) < 4.78 is 24.6. The second kappa shape index (κ2) is 4.42. The van der Waals surface area contributed by atoms with Crippen LogP contribution in [0.5, 0.6) is 0 Å². The van der Waals surface area contributed by atoms with E-state index in [9.17, 15) is 8.42 Å². The van der Waals surface area contributed by atoms with Crippen molar-refractivity contribution in [3.05, 3.63) is 0 Å². The maximum atomic E-state index is 10.9. The van der Waals surface area contributed by atoms with Crippen molar-refractivity contribution < 1.29 is 9.84 Å². The molecule has 0 aromatic carbocycles. The van der Waals surface area contributed by atoms with Crippen molar-refractivity contribution in [3.8, 4) is 0 Å². The van der Waals surface area contributed by atoms with Crippen molar-refractivity contribution in [1.29, 1.82) is 0 Å². The van der Waals surface area contributed by atoms with Crippen molar-refractivity contribution in [1.82, 2.24) is 4.72 Å². The second-order valence-electron chi connectivity index (χ2n) is 4.02. The summed E-state index contributed by atoms with van der Waals surface area (Å²) in [6, 6.07) is 0.192. The molecule has 1 aliphatic rings. The van der Waals surface area contributed by atoms with E-state index in [2.05, 4.69) is 11.6 Å². The largest absolute Gasteiger partial charge is 0.213 e. The molecule has 0 radical (unpaired) electrons. The summed E-state index contributed by atoms with van der Waals surface area (Å²) in [4.78, 5) is 0. The monoisotopic (exact) mass is 207 g/mol. The van der Waals surface area contributed by atoms with Crippen LogP contribution in [-0.4, -0.2) is 20.7 Å². The maximum absolute atomic E-state index is 10.9. The third kappa shape index (κ3) is 4.09. The molecule has 13 heavy (non-hydrogen) atoms. The first-order valence-corrected chi connectivity index (χ1v) is 6.87. The molecule has 80 valence electrons. The third-order valence-electron chi connectivity index (χ3n) is 2.80. The molecule has 1 rings (SSSR count). The van der Waals surface area contributed by atoms with Gasteiger partial charge in [0.15, 0.2) is 0 Å². The summed E-state index contributed by atoms with van der Waals surface area (Å²) in [5.74, 6) is 0.817. The molecule has 1 N–H and O–H groups in total. The third-order valence-corrected chi connectivity index (χ3v) is 3.57. The van der Waals surface area contributed by atoms with Gasteiger partial charge in [0.1, 0.15) is 0 Å². The van der Waals surface area contributed by atoms with Crippen LogP contribution in [0.1, 0.15) is 40.5 Å². The molecule has 0 amide bonds. The van der Waals surface area contributed by atoms with Crippen molar-refractivity contribution >= 4 is 10.0 Å². The lowest BCUT2D eigenvalue weighted by molar-refractivity contribution is 0.306. The van der Waals surface area contributed by atoms with E-state index in [1.807, 2.05) is 0 Å². The lowest BCUT2D eigenvalue weighted by Gasteiger charge is -2.27. The highest BCUT2D eigenvalue weighted by atomic mass is 32.2. The van der Waals surface area contributed by atoms with Crippen molar-refractivity contribution in [2.24, 2.45) is 5.92 Å². The van der Waals surface area contributed by atoms with Gasteiger partial charge in [0.2, 0.25) is 10.0 Å². The molecule has 0 saturated heterocycles. The molecule has 0 aromatic rings. The fourth-order valence-corrected chi connectivity index (χ4v) is 2.83. The number of sulfonamides is 1. The van der Waals surface area contributed by atoms with E-state index >= 15 is 0 Å². The topological polar surface area (TPSA) is 46.2 Å². The molecule has 1 saturated carbocycles. The minimum atomic E-state index is -3.00. The van der Waals surface area contributed by atoms with Gasteiger partial charge in [-0.3, -0.25) is 0 Å². The average molecular weight is 207 g/mol. The molecule has 3 nitrogen and oxygen atoms in total. The van der Waals surface area contributed by atoms with E-state index in [0.717, 1.165) is 18.8 Å². The van der Waals surface area contributed by atoms with Gasteiger partial charge in [-0.15, -0.1) is 0 Å². The summed E-state index contributed by atoms with van der Waals surface area (Å²) in [5, 5.41) is 0. The fourth-order valence-electron chi connectivity index (χ4n) is 1.99. The Morgan fingerprint density at radius 3 is 2.23 bits per heavy atom. The molecule has 0 bridgehead atoms. The predicted octanol–water partition coefficient (Wildman–Crippen LogP) is 1.75. The van der Waals surface area contributed by atoms with Gasteiger partial charge in [0.25, 0.3) is 0 Å². The van der Waals surface area contributed by atoms with Gasteiger partial charge in [0.05, 0.1) is 6.26 Å². The molecule has 0 heterocycles. The number of hydrogen-bond donors (Lipinski definition) is 1. The zero-order valence-corrected chi connectivity index (χ0v) is 9.23. The van der Waals surface area contributed by atoms with Crippen LogP contribution in [0.4, 0.5) is 0 Å². The quantitative estimate of drug-likeness (QED) is 0.766. The Hall–Kier alpha value is -0.0900. The SMILES string of the molecule is CCC1CCC(NS(C)(=O)=O)CC1.[HH]. The summed E-state index contributed by atoms with van der Waals surface area (Å²) >= 11 is 0. The molecular weight excluding hydrogens is 186 g/mol. The molecule has 0 aliphatic heterocycles. The van der Waals surface area contributed by atoms with E-state index in [-0.39, 0.29) is 7.47 Å². The Morgan fingerprint density at radius 1 is 1.31 bits per heavy atom. The van der Waals surface area contributed by atoms with Crippen LogP contribution in [0.15, 0.2) is 0 Å². The summed E-state index contributed by atoms with van der Waals surface area (Å²) in [6.45, 7) is 2.20. The molecule has 0 spiro atoms. The normalized spacial score (nSPS) is 30.3. The summed E-state index contributed by atoms with van der Waals surface area (Å²) in [5.41, 5.74) is 0. The van der Waals surface area contributed by atoms with E-state index in [1.54, 1.807) is 0 Å². The summed E-state index contributed by atoms with van der Waals surface area (Å²) in [6.07, 6.45) is 6.81. The molecular formula is C9H21NO2S. The van der Waals surface area contributed by atoms with Crippen molar-refractivity contribution in [3.63, 3.8) is 0 Å². The molecule has 1 aliphatic carbocycles. The molecule has 1 fully saturated rings. The van der Waals surface area contributed by atoms with Crippen LogP contribution in [0.2, 0.25) is 0 Å². The minimum Gasteiger partial charge on any atom is -0.213 e. The van der Waals surface area contributed by atoms with E-state index < -0.39 is 10.0 Å². The van der Waals surface area contributed by atoms with Gasteiger partial charge in [0, 0.05) is 7.47 Å². The first-order chi connectivity index (χ1) is 6.01. The Bertz CT molecular complexity index is 246. The Kier molecular flexibility index (Phi) is 3.74. The first-order valence-electron chi connectivity index (χ1n) is 4.98. The van der Waals surface area contributed by atoms with Crippen LogP contribution >= 0.6 is 0 Å². The standard InChI is InChI=1S/C9H19NO2S.H2/c1-3-8-4-6-9(7-5-8)10-13(2,11)12;/h8-10H,3-7H2,1-2H3;1H. The van der Waals surface area contributed by atoms with Crippen molar-refractivity contribution in [2.45, 2.75) is 45.1 Å². The van der Waals surface area contributed by atoms with Crippen LogP contribution in [0.25, 0.3) is 0 Å². The molecule has 0 unspecified atom stereocenters. The van der Waals surface area contributed by atoms with Gasteiger partial charge in [-0.05, 0) is 31.6 Å². The van der Waals surface area contributed by atoms with Gasteiger partial charge in [-0.2, -0.15) is 0 Å². The van der Waals surface area contributed by atoms with Gasteiger partial charge < -0.3 is 0 Å². The number of rotatable bonds is 3. The smallest absolute Gasteiger partial charge is 0.208 e. The van der Waals surface area contributed by atoms with E-state index in [0.29, 0.717) is 0 Å². The van der Waals surface area contributed by atoms with Gasteiger partial charge in [-0.1, -0.05) is 13.3 Å².